The molecule has 102 valence electrons. The van der Waals surface area contributed by atoms with Gasteiger partial charge < -0.3 is 14.1 Å². The van der Waals surface area contributed by atoms with Gasteiger partial charge in [-0.1, -0.05) is 13.0 Å². The zero-order valence-corrected chi connectivity index (χ0v) is 10.9. The van der Waals surface area contributed by atoms with Crippen LogP contribution in [0.1, 0.15) is 28.9 Å². The lowest BCUT2D eigenvalue weighted by molar-refractivity contribution is 0.0699. The number of nitrogens with zero attached hydrogens (tertiary/aromatic N) is 3. The van der Waals surface area contributed by atoms with E-state index in [1.54, 1.807) is 24.7 Å². The Labute approximate surface area is 114 Å². The fraction of sp³-hybridized carbons (Fsp3) is 0.214. The minimum Gasteiger partial charge on any atom is -0.478 e. The number of benzene rings is 1. The summed E-state index contributed by atoms with van der Waals surface area (Å²) in [7, 11) is 0. The van der Waals surface area contributed by atoms with Gasteiger partial charge in [0.15, 0.2) is 0 Å². The van der Waals surface area contributed by atoms with Gasteiger partial charge in [0.25, 0.3) is 0 Å². The Morgan fingerprint density at radius 1 is 1.40 bits per heavy atom. The molecule has 0 aliphatic carbocycles. The van der Waals surface area contributed by atoms with E-state index in [0.717, 1.165) is 17.7 Å². The Morgan fingerprint density at radius 2 is 2.25 bits per heavy atom. The van der Waals surface area contributed by atoms with Gasteiger partial charge in [0.1, 0.15) is 17.8 Å². The molecular formula is C14H13N3O3. The average Bonchev–Trinajstić information content (AvgIpc) is 3.06. The lowest BCUT2D eigenvalue weighted by Crippen LogP contribution is -2.00. The summed E-state index contributed by atoms with van der Waals surface area (Å²) in [5.74, 6) is 0.433. The molecule has 1 aromatic carbocycles. The third kappa shape index (κ3) is 2.05. The van der Waals surface area contributed by atoms with Gasteiger partial charge in [0, 0.05) is 6.42 Å². The van der Waals surface area contributed by atoms with Crippen molar-refractivity contribution in [2.45, 2.75) is 19.9 Å². The highest BCUT2D eigenvalue weighted by Gasteiger charge is 2.13. The third-order valence-electron chi connectivity index (χ3n) is 3.14. The van der Waals surface area contributed by atoms with Crippen molar-refractivity contribution >= 4 is 17.0 Å². The van der Waals surface area contributed by atoms with E-state index >= 15 is 0 Å². The summed E-state index contributed by atoms with van der Waals surface area (Å²) in [6.07, 6.45) is 4.10. The van der Waals surface area contributed by atoms with Crippen molar-refractivity contribution in [3.63, 3.8) is 0 Å². The van der Waals surface area contributed by atoms with Crippen molar-refractivity contribution in [3.05, 3.63) is 47.9 Å². The molecule has 6 nitrogen and oxygen atoms in total. The maximum Gasteiger partial charge on any atom is 0.337 e. The normalized spacial score (nSPS) is 11.1. The molecule has 0 saturated carbocycles. The number of carboxylic acid groups (broad SMARTS) is 1. The van der Waals surface area contributed by atoms with Crippen LogP contribution in [0.5, 0.6) is 0 Å². The molecule has 0 radical (unpaired) electrons. The van der Waals surface area contributed by atoms with Crippen molar-refractivity contribution in [1.29, 1.82) is 0 Å². The molecular weight excluding hydrogens is 258 g/mol. The van der Waals surface area contributed by atoms with Crippen LogP contribution in [0.2, 0.25) is 0 Å². The van der Waals surface area contributed by atoms with Crippen molar-refractivity contribution in [2.24, 2.45) is 0 Å². The number of carboxylic acids is 1. The zero-order chi connectivity index (χ0) is 14.1. The smallest absolute Gasteiger partial charge is 0.337 e. The highest BCUT2D eigenvalue weighted by atomic mass is 16.4. The molecule has 20 heavy (non-hydrogen) atoms. The first-order chi connectivity index (χ1) is 9.69. The number of hydrogen-bond donors (Lipinski definition) is 1. The highest BCUT2D eigenvalue weighted by Crippen LogP contribution is 2.18. The number of rotatable bonds is 4. The minimum atomic E-state index is -0.981. The summed E-state index contributed by atoms with van der Waals surface area (Å²) < 4.78 is 7.38. The topological polar surface area (TPSA) is 81.2 Å². The second-order valence-corrected chi connectivity index (χ2v) is 4.42. The maximum atomic E-state index is 11.1. The van der Waals surface area contributed by atoms with E-state index in [0.29, 0.717) is 18.0 Å². The maximum absolute atomic E-state index is 11.1. The fourth-order valence-corrected chi connectivity index (χ4v) is 2.12. The number of fused-ring (bicyclic) bond motifs is 1. The first kappa shape index (κ1) is 12.4. The van der Waals surface area contributed by atoms with Crippen LogP contribution >= 0.6 is 0 Å². The predicted molar refractivity (Wildman–Crippen MR) is 71.7 cm³/mol. The molecule has 0 spiro atoms. The van der Waals surface area contributed by atoms with Gasteiger partial charge in [0.2, 0.25) is 5.89 Å². The Hall–Kier alpha value is -2.63. The van der Waals surface area contributed by atoms with Crippen molar-refractivity contribution in [3.8, 4) is 0 Å². The number of aromatic carboxylic acids is 1. The summed E-state index contributed by atoms with van der Waals surface area (Å²) in [4.78, 5) is 19.5. The summed E-state index contributed by atoms with van der Waals surface area (Å²) >= 11 is 0. The Morgan fingerprint density at radius 3 is 2.95 bits per heavy atom. The molecule has 0 aliphatic rings. The van der Waals surface area contributed by atoms with Gasteiger partial charge in [-0.2, -0.15) is 0 Å². The van der Waals surface area contributed by atoms with Crippen molar-refractivity contribution in [2.75, 3.05) is 0 Å². The number of oxazole rings is 1. The molecule has 0 atom stereocenters. The van der Waals surface area contributed by atoms with Gasteiger partial charge in [-0.05, 0) is 12.1 Å². The molecule has 0 fully saturated rings. The van der Waals surface area contributed by atoms with E-state index in [4.69, 9.17) is 9.52 Å². The van der Waals surface area contributed by atoms with Crippen LogP contribution in [0.4, 0.5) is 0 Å². The Kier molecular flexibility index (Phi) is 2.98. The molecule has 6 heteroatoms. The van der Waals surface area contributed by atoms with Crippen LogP contribution in [0.25, 0.3) is 11.0 Å². The molecule has 0 aliphatic heterocycles. The molecule has 3 rings (SSSR count). The minimum absolute atomic E-state index is 0.197. The van der Waals surface area contributed by atoms with E-state index < -0.39 is 5.97 Å². The first-order valence-corrected chi connectivity index (χ1v) is 6.29. The van der Waals surface area contributed by atoms with Crippen molar-refractivity contribution in [1.82, 2.24) is 14.5 Å². The van der Waals surface area contributed by atoms with Crippen molar-refractivity contribution < 1.29 is 14.3 Å². The molecule has 0 bridgehead atoms. The third-order valence-corrected chi connectivity index (χ3v) is 3.14. The van der Waals surface area contributed by atoms with Gasteiger partial charge >= 0.3 is 5.97 Å². The van der Waals surface area contributed by atoms with Gasteiger partial charge in [-0.15, -0.1) is 0 Å². The molecule has 0 saturated heterocycles. The van der Waals surface area contributed by atoms with Gasteiger partial charge in [-0.3, -0.25) is 0 Å². The molecule has 1 N–H and O–H groups in total. The largest absolute Gasteiger partial charge is 0.478 e. The highest BCUT2D eigenvalue weighted by molar-refractivity contribution is 6.00. The van der Waals surface area contributed by atoms with E-state index in [1.165, 1.54) is 0 Å². The van der Waals surface area contributed by atoms with Crippen LogP contribution < -0.4 is 0 Å². The van der Waals surface area contributed by atoms with Crippen LogP contribution in [0.15, 0.2) is 35.1 Å². The van der Waals surface area contributed by atoms with Crippen LogP contribution in [0.3, 0.4) is 0 Å². The number of para-hydroxylation sites is 1. The summed E-state index contributed by atoms with van der Waals surface area (Å²) in [6.45, 7) is 2.43. The predicted octanol–water partition coefficient (Wildman–Crippen LogP) is 2.33. The molecule has 0 amide bonds. The Bertz CT molecular complexity index is 773. The molecule has 3 aromatic rings. The number of carbonyl (C=O) groups is 1. The quantitative estimate of drug-likeness (QED) is 0.787. The lowest BCUT2D eigenvalue weighted by atomic mass is 10.2. The number of aromatic nitrogens is 3. The molecule has 2 aromatic heterocycles. The number of aryl methyl sites for hydroxylation is 1. The first-order valence-electron chi connectivity index (χ1n) is 6.29. The Balaban J connectivity index is 2.00. The molecule has 2 heterocycles. The SMILES string of the molecule is CCc1cnc(Cn2cnc3c(C(=O)O)cccc32)o1. The molecule has 0 unspecified atom stereocenters. The van der Waals surface area contributed by atoms with Crippen LogP contribution in [-0.4, -0.2) is 25.6 Å². The standard InChI is InChI=1S/C14H13N3O3/c1-2-9-6-15-12(20-9)7-17-8-16-13-10(14(18)19)4-3-5-11(13)17/h3-6,8H,2,7H2,1H3,(H,18,19). The van der Waals surface area contributed by atoms with Crippen LogP contribution in [0, 0.1) is 0 Å². The number of imidazole rings is 1. The monoisotopic (exact) mass is 271 g/mol. The van der Waals surface area contributed by atoms with Crippen LogP contribution in [-0.2, 0) is 13.0 Å². The van der Waals surface area contributed by atoms with E-state index in [-0.39, 0.29) is 5.56 Å². The van der Waals surface area contributed by atoms with E-state index in [2.05, 4.69) is 9.97 Å². The van der Waals surface area contributed by atoms with Gasteiger partial charge in [0.05, 0.1) is 23.6 Å². The van der Waals surface area contributed by atoms with Gasteiger partial charge in [-0.25, -0.2) is 14.8 Å². The summed E-state index contributed by atoms with van der Waals surface area (Å²) in [6, 6.07) is 5.08. The summed E-state index contributed by atoms with van der Waals surface area (Å²) in [5, 5.41) is 9.14. The second-order valence-electron chi connectivity index (χ2n) is 4.42. The average molecular weight is 271 g/mol. The zero-order valence-electron chi connectivity index (χ0n) is 10.9. The van der Waals surface area contributed by atoms with E-state index in [9.17, 15) is 4.79 Å². The summed E-state index contributed by atoms with van der Waals surface area (Å²) in [5.41, 5.74) is 1.42. The van der Waals surface area contributed by atoms with E-state index in [1.807, 2.05) is 17.6 Å². The lowest BCUT2D eigenvalue weighted by Gasteiger charge is -2.01. The fourth-order valence-electron chi connectivity index (χ4n) is 2.12. The number of hydrogen-bond acceptors (Lipinski definition) is 4. The second kappa shape index (κ2) is 4.80.